The molecule has 1 atom stereocenters. The predicted octanol–water partition coefficient (Wildman–Crippen LogP) is 0.923. The zero-order chi connectivity index (χ0) is 10.1. The Balaban J connectivity index is 2.65. The van der Waals surface area contributed by atoms with Gasteiger partial charge in [-0.15, -0.1) is 0 Å². The Hall–Kier alpha value is -1.73. The largest absolute Gasteiger partial charge is 0.491 e. The molecule has 0 bridgehead atoms. The van der Waals surface area contributed by atoms with Gasteiger partial charge in [-0.3, -0.25) is 0 Å². The lowest BCUT2D eigenvalue weighted by atomic mass is 9.95. The number of hydrogen-bond donors (Lipinski definition) is 2. The first-order valence-corrected chi connectivity index (χ1v) is 4.45. The number of anilines is 1. The van der Waals surface area contributed by atoms with Crippen molar-refractivity contribution in [1.82, 2.24) is 0 Å². The lowest BCUT2D eigenvalue weighted by molar-refractivity contribution is 0.270. The third-order valence-corrected chi connectivity index (χ3v) is 2.39. The summed E-state index contributed by atoms with van der Waals surface area (Å²) in [6.07, 6.45) is 0.727. The van der Waals surface area contributed by atoms with E-state index in [-0.39, 0.29) is 6.04 Å². The van der Waals surface area contributed by atoms with Gasteiger partial charge < -0.3 is 16.2 Å². The fourth-order valence-corrected chi connectivity index (χ4v) is 1.68. The summed E-state index contributed by atoms with van der Waals surface area (Å²) < 4.78 is 5.41. The van der Waals surface area contributed by atoms with Crippen molar-refractivity contribution < 1.29 is 4.74 Å². The number of fused-ring (bicyclic) bond motifs is 1. The van der Waals surface area contributed by atoms with Crippen molar-refractivity contribution in [3.8, 4) is 11.8 Å². The van der Waals surface area contributed by atoms with E-state index < -0.39 is 0 Å². The summed E-state index contributed by atoms with van der Waals surface area (Å²) in [5, 5.41) is 8.90. The van der Waals surface area contributed by atoms with Crippen molar-refractivity contribution >= 4 is 5.69 Å². The summed E-state index contributed by atoms with van der Waals surface area (Å²) >= 11 is 0. The van der Waals surface area contributed by atoms with Crippen molar-refractivity contribution in [3.05, 3.63) is 23.3 Å². The van der Waals surface area contributed by atoms with Crippen LogP contribution in [-0.4, -0.2) is 6.61 Å². The van der Waals surface area contributed by atoms with Gasteiger partial charge in [0.05, 0.1) is 23.9 Å². The summed E-state index contributed by atoms with van der Waals surface area (Å²) in [7, 11) is 0. The number of hydrogen-bond acceptors (Lipinski definition) is 4. The minimum Gasteiger partial charge on any atom is -0.491 e. The second-order valence-electron chi connectivity index (χ2n) is 3.30. The van der Waals surface area contributed by atoms with Crippen LogP contribution in [0.1, 0.15) is 23.6 Å². The molecule has 0 saturated heterocycles. The van der Waals surface area contributed by atoms with Gasteiger partial charge in [0.25, 0.3) is 0 Å². The van der Waals surface area contributed by atoms with Gasteiger partial charge in [0.15, 0.2) is 0 Å². The molecule has 0 spiro atoms. The van der Waals surface area contributed by atoms with E-state index in [1.54, 1.807) is 12.1 Å². The Bertz CT molecular complexity index is 409. The smallest absolute Gasteiger partial charge is 0.148 e. The number of nitrogens with two attached hydrogens (primary N) is 2. The maximum Gasteiger partial charge on any atom is 0.148 e. The zero-order valence-electron chi connectivity index (χ0n) is 7.66. The molecular weight excluding hydrogens is 178 g/mol. The highest BCUT2D eigenvalue weighted by molar-refractivity contribution is 5.63. The molecule has 0 radical (unpaired) electrons. The summed E-state index contributed by atoms with van der Waals surface area (Å²) in [5.74, 6) is 0.586. The Morgan fingerprint density at radius 2 is 2.29 bits per heavy atom. The van der Waals surface area contributed by atoms with Crippen LogP contribution in [0.5, 0.6) is 5.75 Å². The molecule has 2 rings (SSSR count). The molecule has 1 heterocycles. The summed E-state index contributed by atoms with van der Waals surface area (Å²) in [6, 6.07) is 5.31. The van der Waals surface area contributed by atoms with E-state index in [0.29, 0.717) is 23.6 Å². The van der Waals surface area contributed by atoms with Crippen LogP contribution in [0.4, 0.5) is 5.69 Å². The first kappa shape index (κ1) is 8.85. The zero-order valence-corrected chi connectivity index (χ0v) is 7.66. The quantitative estimate of drug-likeness (QED) is 0.594. The fraction of sp³-hybridized carbons (Fsp3) is 0.300. The summed E-state index contributed by atoms with van der Waals surface area (Å²) in [4.78, 5) is 0. The monoisotopic (exact) mass is 189 g/mol. The van der Waals surface area contributed by atoms with Crippen molar-refractivity contribution in [1.29, 1.82) is 5.26 Å². The van der Waals surface area contributed by atoms with Crippen LogP contribution >= 0.6 is 0 Å². The third kappa shape index (κ3) is 1.19. The van der Waals surface area contributed by atoms with Gasteiger partial charge in [0.1, 0.15) is 5.75 Å². The van der Waals surface area contributed by atoms with E-state index in [2.05, 4.69) is 6.07 Å². The number of benzene rings is 1. The second kappa shape index (κ2) is 3.20. The molecule has 4 nitrogen and oxygen atoms in total. The molecule has 0 amide bonds. The first-order chi connectivity index (χ1) is 6.74. The van der Waals surface area contributed by atoms with Crippen LogP contribution in [0, 0.1) is 11.3 Å². The molecule has 0 fully saturated rings. The molecule has 1 aromatic rings. The van der Waals surface area contributed by atoms with Crippen molar-refractivity contribution in [2.45, 2.75) is 12.5 Å². The maximum atomic E-state index is 8.90. The predicted molar refractivity (Wildman–Crippen MR) is 52.6 cm³/mol. The molecule has 14 heavy (non-hydrogen) atoms. The van der Waals surface area contributed by atoms with E-state index >= 15 is 0 Å². The molecule has 1 aromatic carbocycles. The SMILES string of the molecule is N#Cc1ccc(N)c2c1[C@@H](N)CCO2. The van der Waals surface area contributed by atoms with E-state index in [9.17, 15) is 0 Å². The normalized spacial score (nSPS) is 19.3. The average molecular weight is 189 g/mol. The first-order valence-electron chi connectivity index (χ1n) is 4.45. The minimum atomic E-state index is -0.142. The van der Waals surface area contributed by atoms with Gasteiger partial charge in [-0.1, -0.05) is 0 Å². The highest BCUT2D eigenvalue weighted by Gasteiger charge is 2.23. The van der Waals surface area contributed by atoms with Gasteiger partial charge >= 0.3 is 0 Å². The lowest BCUT2D eigenvalue weighted by Gasteiger charge is -2.24. The van der Waals surface area contributed by atoms with Crippen molar-refractivity contribution in [2.24, 2.45) is 5.73 Å². The van der Waals surface area contributed by atoms with Crippen LogP contribution in [0.25, 0.3) is 0 Å². The van der Waals surface area contributed by atoms with Gasteiger partial charge in [0, 0.05) is 18.0 Å². The second-order valence-corrected chi connectivity index (χ2v) is 3.30. The Labute approximate surface area is 82.1 Å². The fourth-order valence-electron chi connectivity index (χ4n) is 1.68. The molecule has 0 saturated carbocycles. The van der Waals surface area contributed by atoms with Crippen LogP contribution in [0.3, 0.4) is 0 Å². The average Bonchev–Trinajstić information content (AvgIpc) is 2.20. The standard InChI is InChI=1S/C10H11N3O/c11-5-6-1-2-8(13)10-9(6)7(12)3-4-14-10/h1-2,7H,3-4,12-13H2/t7-/m0/s1. The van der Waals surface area contributed by atoms with Gasteiger partial charge in [0.2, 0.25) is 0 Å². The Kier molecular flexibility index (Phi) is 2.02. The number of rotatable bonds is 0. The minimum absolute atomic E-state index is 0.142. The molecule has 4 N–H and O–H groups in total. The van der Waals surface area contributed by atoms with Crippen LogP contribution in [-0.2, 0) is 0 Å². The molecule has 0 aromatic heterocycles. The van der Waals surface area contributed by atoms with Crippen LogP contribution in [0.15, 0.2) is 12.1 Å². The summed E-state index contributed by atoms with van der Waals surface area (Å²) in [5.41, 5.74) is 13.5. The van der Waals surface area contributed by atoms with Crippen LogP contribution in [0.2, 0.25) is 0 Å². The van der Waals surface area contributed by atoms with Gasteiger partial charge in [-0.25, -0.2) is 0 Å². The topological polar surface area (TPSA) is 85.1 Å². The van der Waals surface area contributed by atoms with Gasteiger partial charge in [-0.05, 0) is 12.1 Å². The van der Waals surface area contributed by atoms with Crippen LogP contribution < -0.4 is 16.2 Å². The van der Waals surface area contributed by atoms with E-state index in [1.807, 2.05) is 0 Å². The highest BCUT2D eigenvalue weighted by Crippen LogP contribution is 2.37. The van der Waals surface area contributed by atoms with Gasteiger partial charge in [-0.2, -0.15) is 5.26 Å². The number of nitrogen functional groups attached to an aromatic ring is 1. The molecule has 4 heteroatoms. The van der Waals surface area contributed by atoms with Crippen molar-refractivity contribution in [3.63, 3.8) is 0 Å². The third-order valence-electron chi connectivity index (χ3n) is 2.39. The molecule has 0 unspecified atom stereocenters. The van der Waals surface area contributed by atoms with Crippen molar-refractivity contribution in [2.75, 3.05) is 12.3 Å². The Morgan fingerprint density at radius 3 is 3.00 bits per heavy atom. The van der Waals surface area contributed by atoms with E-state index in [1.165, 1.54) is 0 Å². The molecular formula is C10H11N3O. The number of nitrogens with zero attached hydrogens (tertiary/aromatic N) is 1. The van der Waals surface area contributed by atoms with E-state index in [0.717, 1.165) is 12.0 Å². The maximum absolute atomic E-state index is 8.90. The highest BCUT2D eigenvalue weighted by atomic mass is 16.5. The molecule has 1 aliphatic rings. The number of ether oxygens (including phenoxy) is 1. The Morgan fingerprint density at radius 1 is 1.50 bits per heavy atom. The molecule has 1 aliphatic heterocycles. The van der Waals surface area contributed by atoms with E-state index in [4.69, 9.17) is 21.5 Å². The molecule has 0 aliphatic carbocycles. The molecule has 72 valence electrons. The summed E-state index contributed by atoms with van der Waals surface area (Å²) in [6.45, 7) is 0.563. The number of nitriles is 1. The lowest BCUT2D eigenvalue weighted by Crippen LogP contribution is -2.22.